The second-order valence-corrected chi connectivity index (χ2v) is 9.70. The number of nitrogens with zero attached hydrogens (tertiary/aromatic N) is 5. The lowest BCUT2D eigenvalue weighted by molar-refractivity contribution is -0.149. The summed E-state index contributed by atoms with van der Waals surface area (Å²) < 4.78 is 12.1. The number of aryl methyl sites for hydroxylation is 2. The Labute approximate surface area is 202 Å². The van der Waals surface area contributed by atoms with Crippen molar-refractivity contribution in [1.82, 2.24) is 24.6 Å². The Morgan fingerprint density at radius 3 is 2.65 bits per heavy atom. The van der Waals surface area contributed by atoms with E-state index in [1.165, 1.54) is 9.75 Å². The smallest absolute Gasteiger partial charge is 0.309 e. The second-order valence-electron chi connectivity index (χ2n) is 8.24. The van der Waals surface area contributed by atoms with E-state index in [1.807, 2.05) is 6.07 Å². The molecule has 0 N–H and O–H groups in total. The number of esters is 1. The van der Waals surface area contributed by atoms with Crippen LogP contribution in [-0.4, -0.2) is 63.3 Å². The lowest BCUT2D eigenvalue weighted by Crippen LogP contribution is -2.41. The van der Waals surface area contributed by atoms with Crippen LogP contribution in [0.1, 0.15) is 45.6 Å². The SMILES string of the molecule is CCOC(=O)C1CCN(C(=O)c2cnn(-c3nccc(-c4cc(C)sc4C)n3)c2COC)CC1. The molecule has 10 heteroatoms. The van der Waals surface area contributed by atoms with Crippen LogP contribution in [-0.2, 0) is 20.9 Å². The van der Waals surface area contributed by atoms with Crippen LogP contribution in [0.3, 0.4) is 0 Å². The number of carbonyl (C=O) groups is 2. The summed E-state index contributed by atoms with van der Waals surface area (Å²) in [6.45, 7) is 7.47. The highest BCUT2D eigenvalue weighted by Crippen LogP contribution is 2.30. The standard InChI is InChI=1S/C24H29N5O4S/c1-5-33-23(31)17-7-10-28(11-8-17)22(30)19-13-26-29(21(19)14-32-4)24-25-9-6-20(27-24)18-12-15(2)34-16(18)3/h6,9,12-13,17H,5,7-8,10-11,14H2,1-4H3. The summed E-state index contributed by atoms with van der Waals surface area (Å²) in [4.78, 5) is 38.7. The molecule has 3 aromatic heterocycles. The van der Waals surface area contributed by atoms with Gasteiger partial charge in [-0.25, -0.2) is 9.97 Å². The maximum absolute atomic E-state index is 13.3. The molecule has 0 atom stereocenters. The van der Waals surface area contributed by atoms with E-state index < -0.39 is 0 Å². The van der Waals surface area contributed by atoms with Crippen LogP contribution in [0, 0.1) is 19.8 Å². The third-order valence-electron chi connectivity index (χ3n) is 5.93. The highest BCUT2D eigenvalue weighted by molar-refractivity contribution is 7.12. The molecule has 0 aromatic carbocycles. The number of hydrogen-bond donors (Lipinski definition) is 0. The minimum absolute atomic E-state index is 0.138. The van der Waals surface area contributed by atoms with Crippen molar-refractivity contribution < 1.29 is 19.1 Å². The van der Waals surface area contributed by atoms with Gasteiger partial charge in [0, 0.05) is 41.7 Å². The van der Waals surface area contributed by atoms with E-state index in [1.54, 1.807) is 47.3 Å². The molecule has 0 aliphatic carbocycles. The number of aromatic nitrogens is 4. The van der Waals surface area contributed by atoms with Crippen LogP contribution in [0.25, 0.3) is 17.2 Å². The molecule has 3 aromatic rings. The van der Waals surface area contributed by atoms with Crippen LogP contribution in [0.15, 0.2) is 24.5 Å². The predicted molar refractivity (Wildman–Crippen MR) is 128 cm³/mol. The van der Waals surface area contributed by atoms with Crippen molar-refractivity contribution in [2.24, 2.45) is 5.92 Å². The zero-order chi connectivity index (χ0) is 24.2. The van der Waals surface area contributed by atoms with Crippen molar-refractivity contribution in [3.8, 4) is 17.2 Å². The highest BCUT2D eigenvalue weighted by Gasteiger charge is 2.31. The van der Waals surface area contributed by atoms with Gasteiger partial charge in [-0.05, 0) is 45.7 Å². The van der Waals surface area contributed by atoms with E-state index in [2.05, 4.69) is 30.0 Å². The van der Waals surface area contributed by atoms with Gasteiger partial charge >= 0.3 is 5.97 Å². The topological polar surface area (TPSA) is 99.4 Å². The highest BCUT2D eigenvalue weighted by atomic mass is 32.1. The number of ether oxygens (including phenoxy) is 2. The number of thiophene rings is 1. The molecule has 4 rings (SSSR count). The number of piperidine rings is 1. The van der Waals surface area contributed by atoms with Gasteiger partial charge < -0.3 is 14.4 Å². The second kappa shape index (κ2) is 10.4. The van der Waals surface area contributed by atoms with Crippen molar-refractivity contribution in [3.63, 3.8) is 0 Å². The zero-order valence-corrected chi connectivity index (χ0v) is 20.7. The number of hydrogen-bond acceptors (Lipinski definition) is 8. The summed E-state index contributed by atoms with van der Waals surface area (Å²) in [6.07, 6.45) is 4.42. The number of rotatable bonds is 7. The van der Waals surface area contributed by atoms with E-state index >= 15 is 0 Å². The number of carbonyl (C=O) groups excluding carboxylic acids is 2. The number of methoxy groups -OCH3 is 1. The Hall–Kier alpha value is -3.11. The lowest BCUT2D eigenvalue weighted by Gasteiger charge is -2.30. The Morgan fingerprint density at radius 1 is 1.24 bits per heavy atom. The fourth-order valence-corrected chi connectivity index (χ4v) is 5.17. The Bertz CT molecular complexity index is 1180. The fourth-order valence-electron chi connectivity index (χ4n) is 4.23. The molecule has 34 heavy (non-hydrogen) atoms. The molecular formula is C24H29N5O4S. The maximum atomic E-state index is 13.3. The maximum Gasteiger partial charge on any atom is 0.309 e. The first-order valence-corrected chi connectivity index (χ1v) is 12.2. The van der Waals surface area contributed by atoms with Crippen molar-refractivity contribution >= 4 is 23.2 Å². The monoisotopic (exact) mass is 483 g/mol. The number of likely N-dealkylation sites (tertiary alicyclic amines) is 1. The van der Waals surface area contributed by atoms with Gasteiger partial charge in [-0.3, -0.25) is 9.59 Å². The molecule has 0 unspecified atom stereocenters. The average Bonchev–Trinajstić information content (AvgIpc) is 3.41. The summed E-state index contributed by atoms with van der Waals surface area (Å²) in [7, 11) is 1.57. The van der Waals surface area contributed by atoms with Crippen LogP contribution in [0.4, 0.5) is 0 Å². The lowest BCUT2D eigenvalue weighted by atomic mass is 9.96. The molecule has 1 amide bonds. The Balaban J connectivity index is 1.58. The van der Waals surface area contributed by atoms with Crippen LogP contribution < -0.4 is 0 Å². The largest absolute Gasteiger partial charge is 0.466 e. The minimum atomic E-state index is -0.185. The van der Waals surface area contributed by atoms with Gasteiger partial charge in [-0.1, -0.05) is 0 Å². The molecule has 1 saturated heterocycles. The van der Waals surface area contributed by atoms with Crippen LogP contribution in [0.5, 0.6) is 0 Å². The summed E-state index contributed by atoms with van der Waals surface area (Å²) in [5, 5.41) is 4.44. The third kappa shape index (κ3) is 4.88. The van der Waals surface area contributed by atoms with Crippen molar-refractivity contribution in [3.05, 3.63) is 45.5 Å². The van der Waals surface area contributed by atoms with E-state index in [9.17, 15) is 9.59 Å². The van der Waals surface area contributed by atoms with E-state index in [4.69, 9.17) is 14.5 Å². The molecule has 1 fully saturated rings. The molecule has 1 aliphatic rings. The first-order valence-electron chi connectivity index (χ1n) is 11.4. The van der Waals surface area contributed by atoms with Gasteiger partial charge in [0.2, 0.25) is 0 Å². The van der Waals surface area contributed by atoms with Crippen molar-refractivity contribution in [1.29, 1.82) is 0 Å². The molecule has 0 saturated carbocycles. The average molecular weight is 484 g/mol. The predicted octanol–water partition coefficient (Wildman–Crippen LogP) is 3.57. The Kier molecular flexibility index (Phi) is 7.38. The summed E-state index contributed by atoms with van der Waals surface area (Å²) in [6, 6.07) is 3.98. The first-order chi connectivity index (χ1) is 16.4. The van der Waals surface area contributed by atoms with E-state index in [0.717, 1.165) is 11.3 Å². The normalized spacial score (nSPS) is 14.4. The molecule has 0 bridgehead atoms. The molecule has 4 heterocycles. The molecule has 180 valence electrons. The Morgan fingerprint density at radius 2 is 2.00 bits per heavy atom. The van der Waals surface area contributed by atoms with E-state index in [-0.39, 0.29) is 24.4 Å². The van der Waals surface area contributed by atoms with E-state index in [0.29, 0.717) is 49.7 Å². The van der Waals surface area contributed by atoms with Gasteiger partial charge in [-0.15, -0.1) is 11.3 Å². The minimum Gasteiger partial charge on any atom is -0.466 e. The molecule has 1 aliphatic heterocycles. The van der Waals surface area contributed by atoms with Gasteiger partial charge in [0.1, 0.15) is 0 Å². The van der Waals surface area contributed by atoms with Crippen LogP contribution in [0.2, 0.25) is 0 Å². The van der Waals surface area contributed by atoms with Gasteiger partial charge in [0.05, 0.1) is 42.3 Å². The fraction of sp³-hybridized carbons (Fsp3) is 0.458. The zero-order valence-electron chi connectivity index (χ0n) is 19.9. The van der Waals surface area contributed by atoms with Gasteiger partial charge in [-0.2, -0.15) is 9.78 Å². The molecule has 0 radical (unpaired) electrons. The number of amides is 1. The quantitative estimate of drug-likeness (QED) is 0.474. The van der Waals surface area contributed by atoms with Crippen molar-refractivity contribution in [2.45, 2.75) is 40.2 Å². The third-order valence-corrected chi connectivity index (χ3v) is 6.90. The van der Waals surface area contributed by atoms with Crippen molar-refractivity contribution in [2.75, 3.05) is 26.8 Å². The first kappa shape index (κ1) is 24.0. The van der Waals surface area contributed by atoms with Gasteiger partial charge in [0.15, 0.2) is 0 Å². The molecule has 0 spiro atoms. The summed E-state index contributed by atoms with van der Waals surface area (Å²) in [5.74, 6) is -0.102. The molecule has 9 nitrogen and oxygen atoms in total. The van der Waals surface area contributed by atoms with Crippen LogP contribution >= 0.6 is 11.3 Å². The molecular weight excluding hydrogens is 454 g/mol. The summed E-state index contributed by atoms with van der Waals surface area (Å²) in [5.41, 5.74) is 2.91. The van der Waals surface area contributed by atoms with Gasteiger partial charge in [0.25, 0.3) is 11.9 Å². The summed E-state index contributed by atoms with van der Waals surface area (Å²) >= 11 is 1.72.